The Bertz CT molecular complexity index is 805. The van der Waals surface area contributed by atoms with E-state index in [0.29, 0.717) is 64.8 Å². The molecule has 0 spiro atoms. The van der Waals surface area contributed by atoms with Crippen molar-refractivity contribution in [3.63, 3.8) is 0 Å². The van der Waals surface area contributed by atoms with Gasteiger partial charge in [-0.3, -0.25) is 4.79 Å². The quantitative estimate of drug-likeness (QED) is 0.109. The van der Waals surface area contributed by atoms with Gasteiger partial charge in [-0.05, 0) is 36.5 Å². The van der Waals surface area contributed by atoms with Crippen molar-refractivity contribution >= 4 is 5.97 Å². The van der Waals surface area contributed by atoms with Crippen LogP contribution in [0, 0.1) is 21.7 Å². The number of rotatable bonds is 15. The molecule has 8 heteroatoms. The fourth-order valence-electron chi connectivity index (χ4n) is 6.86. The SMILES string of the molecule is CCC(C)(C)C(=O)OC12CC3(OCOCC(C)(C)C)CC(OCOCC(C)(C)C)(CC(OCOCC(C)(C)C)(C3)C1)C2. The molecule has 0 aliphatic heterocycles. The molecule has 4 saturated carbocycles. The first-order chi connectivity index (χ1) is 19.1. The molecule has 0 amide bonds. The maximum Gasteiger partial charge on any atom is 0.312 e. The van der Waals surface area contributed by atoms with E-state index in [9.17, 15) is 4.79 Å². The van der Waals surface area contributed by atoms with E-state index >= 15 is 0 Å². The molecular formula is C34H62O8. The molecule has 0 aromatic carbocycles. The average Bonchev–Trinajstić information content (AvgIpc) is 2.80. The second-order valence-corrected chi connectivity index (χ2v) is 17.9. The Kier molecular flexibility index (Phi) is 10.7. The molecule has 4 rings (SSSR count). The molecule has 0 heterocycles. The molecule has 0 atom stereocenters. The molecule has 0 aromatic heterocycles. The largest absolute Gasteiger partial charge is 0.458 e. The molecule has 0 unspecified atom stereocenters. The first-order valence-corrected chi connectivity index (χ1v) is 15.9. The molecule has 0 radical (unpaired) electrons. The summed E-state index contributed by atoms with van der Waals surface area (Å²) in [6.45, 7) is 27.4. The van der Waals surface area contributed by atoms with Crippen LogP contribution in [0.25, 0.3) is 0 Å². The van der Waals surface area contributed by atoms with E-state index in [0.717, 1.165) is 0 Å². The van der Waals surface area contributed by atoms with E-state index in [4.69, 9.17) is 33.2 Å². The van der Waals surface area contributed by atoms with Crippen molar-refractivity contribution < 1.29 is 38.0 Å². The number of carbonyl (C=O) groups is 1. The van der Waals surface area contributed by atoms with Crippen LogP contribution in [-0.4, -0.2) is 68.6 Å². The predicted octanol–water partition coefficient (Wildman–Crippen LogP) is 7.41. The van der Waals surface area contributed by atoms with Crippen molar-refractivity contribution in [3.05, 3.63) is 0 Å². The zero-order chi connectivity index (χ0) is 31.7. The van der Waals surface area contributed by atoms with Gasteiger partial charge in [0.2, 0.25) is 0 Å². The molecule has 4 fully saturated rings. The van der Waals surface area contributed by atoms with Crippen LogP contribution < -0.4 is 0 Å². The van der Waals surface area contributed by atoms with Crippen molar-refractivity contribution in [3.8, 4) is 0 Å². The van der Waals surface area contributed by atoms with Gasteiger partial charge < -0.3 is 33.2 Å². The predicted molar refractivity (Wildman–Crippen MR) is 163 cm³/mol. The van der Waals surface area contributed by atoms with Gasteiger partial charge in [0, 0.05) is 38.5 Å². The third-order valence-electron chi connectivity index (χ3n) is 8.56. The standard InChI is InChI=1S/C34H62O8/c1-13-30(11,12)26(35)42-34-17-31(39-23-36-20-27(2,3)4)14-32(18-34,40-24-37-21-28(5,6)7)16-33(15-31,19-34)41-25-38-22-29(8,9)10/h13-25H2,1-12H3. The maximum absolute atomic E-state index is 13.6. The molecule has 8 nitrogen and oxygen atoms in total. The van der Waals surface area contributed by atoms with Crippen molar-refractivity contribution in [1.82, 2.24) is 0 Å². The summed E-state index contributed by atoms with van der Waals surface area (Å²) in [6.07, 6.45) is 4.46. The van der Waals surface area contributed by atoms with Gasteiger partial charge in [0.05, 0.1) is 42.0 Å². The van der Waals surface area contributed by atoms with Gasteiger partial charge in [-0.25, -0.2) is 0 Å². The Morgan fingerprint density at radius 1 is 0.524 bits per heavy atom. The number of carbonyl (C=O) groups excluding carboxylic acids is 1. The molecule has 42 heavy (non-hydrogen) atoms. The monoisotopic (exact) mass is 598 g/mol. The van der Waals surface area contributed by atoms with Gasteiger partial charge >= 0.3 is 5.97 Å². The van der Waals surface area contributed by atoms with Crippen LogP contribution in [0.5, 0.6) is 0 Å². The lowest BCUT2D eigenvalue weighted by Gasteiger charge is -2.68. The van der Waals surface area contributed by atoms with Gasteiger partial charge in [0.25, 0.3) is 0 Å². The number of ether oxygens (including phenoxy) is 7. The normalized spacial score (nSPS) is 31.5. The first-order valence-electron chi connectivity index (χ1n) is 15.9. The summed E-state index contributed by atoms with van der Waals surface area (Å²) in [5, 5.41) is 0. The summed E-state index contributed by atoms with van der Waals surface area (Å²) in [5.41, 5.74) is -3.19. The van der Waals surface area contributed by atoms with E-state index in [1.165, 1.54) is 0 Å². The van der Waals surface area contributed by atoms with Crippen LogP contribution in [-0.2, 0) is 38.0 Å². The van der Waals surface area contributed by atoms with Crippen LogP contribution in [0.15, 0.2) is 0 Å². The molecule has 4 bridgehead atoms. The summed E-state index contributed by atoms with van der Waals surface area (Å²) < 4.78 is 44.6. The minimum atomic E-state index is -0.781. The highest BCUT2D eigenvalue weighted by molar-refractivity contribution is 5.76. The zero-order valence-corrected chi connectivity index (χ0v) is 29.0. The summed E-state index contributed by atoms with van der Waals surface area (Å²) in [5.74, 6) is -0.190. The topological polar surface area (TPSA) is 81.7 Å². The number of hydrogen-bond acceptors (Lipinski definition) is 8. The van der Waals surface area contributed by atoms with E-state index < -0.39 is 27.8 Å². The second-order valence-electron chi connectivity index (χ2n) is 17.9. The van der Waals surface area contributed by atoms with Crippen LogP contribution in [0.4, 0.5) is 0 Å². The van der Waals surface area contributed by atoms with Gasteiger partial charge in [-0.15, -0.1) is 0 Å². The lowest BCUT2D eigenvalue weighted by Crippen LogP contribution is -2.74. The molecule has 4 aliphatic rings. The highest BCUT2D eigenvalue weighted by Crippen LogP contribution is 2.65. The van der Waals surface area contributed by atoms with Gasteiger partial charge in [-0.1, -0.05) is 69.2 Å². The highest BCUT2D eigenvalue weighted by Gasteiger charge is 2.72. The Balaban J connectivity index is 1.92. The summed E-state index contributed by atoms with van der Waals surface area (Å²) in [7, 11) is 0. The van der Waals surface area contributed by atoms with Crippen LogP contribution in [0.2, 0.25) is 0 Å². The van der Waals surface area contributed by atoms with Crippen molar-refractivity contribution in [2.75, 3.05) is 40.2 Å². The van der Waals surface area contributed by atoms with Gasteiger partial charge in [0.1, 0.15) is 26.0 Å². The first kappa shape index (κ1) is 35.7. The van der Waals surface area contributed by atoms with Crippen molar-refractivity contribution in [2.24, 2.45) is 21.7 Å². The third-order valence-corrected chi connectivity index (χ3v) is 8.56. The molecule has 0 aromatic rings. The molecule has 0 N–H and O–H groups in total. The lowest BCUT2D eigenvalue weighted by molar-refractivity contribution is -0.354. The van der Waals surface area contributed by atoms with E-state index in [-0.39, 0.29) is 42.6 Å². The average molecular weight is 599 g/mol. The fourth-order valence-corrected chi connectivity index (χ4v) is 6.86. The summed E-state index contributed by atoms with van der Waals surface area (Å²) >= 11 is 0. The molecule has 4 aliphatic carbocycles. The molecular weight excluding hydrogens is 536 g/mol. The maximum atomic E-state index is 13.6. The van der Waals surface area contributed by atoms with Crippen LogP contribution in [0.1, 0.15) is 128 Å². The molecule has 0 saturated heterocycles. The van der Waals surface area contributed by atoms with Gasteiger partial charge in [-0.2, -0.15) is 0 Å². The fraction of sp³-hybridized carbons (Fsp3) is 0.971. The smallest absolute Gasteiger partial charge is 0.312 e. The molecule has 246 valence electrons. The Morgan fingerprint density at radius 3 is 1.07 bits per heavy atom. The third kappa shape index (κ3) is 9.87. The number of esters is 1. The van der Waals surface area contributed by atoms with E-state index in [2.05, 4.69) is 62.3 Å². The Morgan fingerprint density at radius 2 is 0.810 bits per heavy atom. The highest BCUT2D eigenvalue weighted by atomic mass is 16.7. The summed E-state index contributed by atoms with van der Waals surface area (Å²) in [6, 6.07) is 0. The zero-order valence-electron chi connectivity index (χ0n) is 29.0. The summed E-state index contributed by atoms with van der Waals surface area (Å²) in [4.78, 5) is 13.6. The second kappa shape index (κ2) is 12.6. The minimum Gasteiger partial charge on any atom is -0.458 e. The minimum absolute atomic E-state index is 0.0246. The van der Waals surface area contributed by atoms with Crippen LogP contribution in [0.3, 0.4) is 0 Å². The van der Waals surface area contributed by atoms with Crippen molar-refractivity contribution in [1.29, 1.82) is 0 Å². The van der Waals surface area contributed by atoms with E-state index in [1.807, 2.05) is 20.8 Å². The van der Waals surface area contributed by atoms with Gasteiger partial charge in [0.15, 0.2) is 0 Å². The van der Waals surface area contributed by atoms with Crippen LogP contribution >= 0.6 is 0 Å². The Hall–Kier alpha value is -0.770. The van der Waals surface area contributed by atoms with Crippen molar-refractivity contribution in [2.45, 2.75) is 150 Å². The number of hydrogen-bond donors (Lipinski definition) is 0. The Labute approximate surface area is 256 Å². The lowest BCUT2D eigenvalue weighted by atomic mass is 9.48. The van der Waals surface area contributed by atoms with E-state index in [1.54, 1.807) is 0 Å².